The number of hydrogen-bond donors (Lipinski definition) is 2. The molecule has 2 amide bonds. The maximum Gasteiger partial charge on any atom is 0.317 e. The molecule has 0 saturated carbocycles. The predicted molar refractivity (Wildman–Crippen MR) is 57.2 cm³/mol. The fourth-order valence-corrected chi connectivity index (χ4v) is 1.67. The van der Waals surface area contributed by atoms with Crippen LogP contribution in [0.15, 0.2) is 0 Å². The number of aliphatic carboxylic acids is 1. The zero-order valence-corrected chi connectivity index (χ0v) is 9.44. The molecule has 0 aromatic rings. The Bertz CT molecular complexity index is 257. The van der Waals surface area contributed by atoms with Crippen molar-refractivity contribution in [1.82, 2.24) is 10.2 Å². The molecule has 1 aliphatic heterocycles. The van der Waals surface area contributed by atoms with Crippen LogP contribution in [0.5, 0.6) is 0 Å². The fraction of sp³-hybridized carbons (Fsp3) is 0.800. The minimum absolute atomic E-state index is 0.181. The van der Waals surface area contributed by atoms with E-state index in [1.807, 2.05) is 0 Å². The maximum atomic E-state index is 11.6. The van der Waals surface area contributed by atoms with E-state index in [4.69, 9.17) is 9.84 Å². The topological polar surface area (TPSA) is 78.9 Å². The molecule has 1 fully saturated rings. The molecule has 0 aliphatic carbocycles. The van der Waals surface area contributed by atoms with E-state index >= 15 is 0 Å². The van der Waals surface area contributed by atoms with E-state index in [1.54, 1.807) is 12.0 Å². The second-order valence-electron chi connectivity index (χ2n) is 3.85. The number of urea groups is 1. The molecule has 1 unspecified atom stereocenters. The molecule has 1 aliphatic rings. The van der Waals surface area contributed by atoms with Crippen molar-refractivity contribution in [2.75, 3.05) is 33.4 Å². The first kappa shape index (κ1) is 12.8. The number of carboxylic acid groups (broad SMARTS) is 1. The first-order chi connectivity index (χ1) is 7.65. The van der Waals surface area contributed by atoms with E-state index in [1.165, 1.54) is 0 Å². The smallest absolute Gasteiger partial charge is 0.317 e. The van der Waals surface area contributed by atoms with E-state index in [2.05, 4.69) is 5.32 Å². The van der Waals surface area contributed by atoms with E-state index in [9.17, 15) is 9.59 Å². The highest BCUT2D eigenvalue weighted by molar-refractivity contribution is 5.77. The molecule has 16 heavy (non-hydrogen) atoms. The van der Waals surface area contributed by atoms with Crippen LogP contribution < -0.4 is 5.32 Å². The number of amides is 2. The summed E-state index contributed by atoms with van der Waals surface area (Å²) in [6.07, 6.45) is 1.30. The molecule has 0 aromatic carbocycles. The SMILES string of the molecule is COCCCNC(=O)N1CCC(C(=O)O)C1. The number of likely N-dealkylation sites (tertiary alicyclic amines) is 1. The van der Waals surface area contributed by atoms with Crippen LogP contribution in [0.4, 0.5) is 4.79 Å². The van der Waals surface area contributed by atoms with Gasteiger partial charge in [-0.25, -0.2) is 4.79 Å². The number of carbonyl (C=O) groups excluding carboxylic acids is 1. The van der Waals surface area contributed by atoms with Crippen LogP contribution in [0.2, 0.25) is 0 Å². The lowest BCUT2D eigenvalue weighted by molar-refractivity contribution is -0.141. The molecular weight excluding hydrogens is 212 g/mol. The Morgan fingerprint density at radius 2 is 2.31 bits per heavy atom. The number of carboxylic acids is 1. The van der Waals surface area contributed by atoms with Crippen LogP contribution in [0.25, 0.3) is 0 Å². The summed E-state index contributed by atoms with van der Waals surface area (Å²) in [5.74, 6) is -1.24. The van der Waals surface area contributed by atoms with Crippen molar-refractivity contribution in [3.05, 3.63) is 0 Å². The Morgan fingerprint density at radius 1 is 1.56 bits per heavy atom. The van der Waals surface area contributed by atoms with Gasteiger partial charge in [0.15, 0.2) is 0 Å². The highest BCUT2D eigenvalue weighted by Gasteiger charge is 2.30. The minimum Gasteiger partial charge on any atom is -0.481 e. The molecule has 2 N–H and O–H groups in total. The van der Waals surface area contributed by atoms with Crippen molar-refractivity contribution in [1.29, 1.82) is 0 Å². The van der Waals surface area contributed by atoms with Gasteiger partial charge in [0, 0.05) is 33.4 Å². The minimum atomic E-state index is -0.824. The monoisotopic (exact) mass is 230 g/mol. The lowest BCUT2D eigenvalue weighted by atomic mass is 10.1. The van der Waals surface area contributed by atoms with Gasteiger partial charge in [-0.3, -0.25) is 4.79 Å². The quantitative estimate of drug-likeness (QED) is 0.658. The largest absolute Gasteiger partial charge is 0.481 e. The number of ether oxygens (including phenoxy) is 1. The van der Waals surface area contributed by atoms with Crippen LogP contribution >= 0.6 is 0 Å². The average molecular weight is 230 g/mol. The summed E-state index contributed by atoms with van der Waals surface area (Å²) in [6.45, 7) is 2.00. The van der Waals surface area contributed by atoms with Crippen LogP contribution in [0.3, 0.4) is 0 Å². The van der Waals surface area contributed by atoms with Gasteiger partial charge in [0.2, 0.25) is 0 Å². The lowest BCUT2D eigenvalue weighted by Gasteiger charge is -2.16. The van der Waals surface area contributed by atoms with Gasteiger partial charge in [0.05, 0.1) is 5.92 Å². The molecule has 6 nitrogen and oxygen atoms in total. The molecule has 0 spiro atoms. The third-order valence-electron chi connectivity index (χ3n) is 2.63. The van der Waals surface area contributed by atoms with Gasteiger partial charge in [0.1, 0.15) is 0 Å². The molecular formula is C10H18N2O4. The van der Waals surface area contributed by atoms with Gasteiger partial charge in [-0.2, -0.15) is 0 Å². The van der Waals surface area contributed by atoms with Gasteiger partial charge in [-0.1, -0.05) is 0 Å². The number of carbonyl (C=O) groups is 2. The van der Waals surface area contributed by atoms with Gasteiger partial charge in [0.25, 0.3) is 0 Å². The summed E-state index contributed by atoms with van der Waals surface area (Å²) in [6, 6.07) is -0.181. The highest BCUT2D eigenvalue weighted by atomic mass is 16.5. The van der Waals surface area contributed by atoms with Crippen LogP contribution in [0, 0.1) is 5.92 Å². The average Bonchev–Trinajstić information content (AvgIpc) is 2.73. The van der Waals surface area contributed by atoms with Crippen molar-refractivity contribution < 1.29 is 19.4 Å². The fourth-order valence-electron chi connectivity index (χ4n) is 1.67. The van der Waals surface area contributed by atoms with Crippen molar-refractivity contribution in [2.45, 2.75) is 12.8 Å². The maximum absolute atomic E-state index is 11.6. The summed E-state index contributed by atoms with van der Waals surface area (Å²) >= 11 is 0. The third-order valence-corrected chi connectivity index (χ3v) is 2.63. The van der Waals surface area contributed by atoms with E-state index in [0.29, 0.717) is 32.7 Å². The van der Waals surface area contributed by atoms with Crippen LogP contribution in [0.1, 0.15) is 12.8 Å². The lowest BCUT2D eigenvalue weighted by Crippen LogP contribution is -2.39. The number of methoxy groups -OCH3 is 1. The standard InChI is InChI=1S/C10H18N2O4/c1-16-6-2-4-11-10(15)12-5-3-8(7-12)9(13)14/h8H,2-7H2,1H3,(H,11,15)(H,13,14). The van der Waals surface area contributed by atoms with E-state index < -0.39 is 11.9 Å². The molecule has 1 atom stereocenters. The molecule has 1 saturated heterocycles. The molecule has 92 valence electrons. The summed E-state index contributed by atoms with van der Waals surface area (Å²) < 4.78 is 4.86. The number of hydrogen-bond acceptors (Lipinski definition) is 3. The van der Waals surface area contributed by atoms with E-state index in [0.717, 1.165) is 6.42 Å². The van der Waals surface area contributed by atoms with Gasteiger partial charge < -0.3 is 20.1 Å². The summed E-state index contributed by atoms with van der Waals surface area (Å²) in [7, 11) is 1.61. The van der Waals surface area contributed by atoms with E-state index in [-0.39, 0.29) is 6.03 Å². The Morgan fingerprint density at radius 3 is 2.88 bits per heavy atom. The zero-order chi connectivity index (χ0) is 12.0. The molecule has 1 heterocycles. The Kier molecular flexibility index (Phi) is 5.04. The molecule has 6 heteroatoms. The zero-order valence-electron chi connectivity index (χ0n) is 9.44. The van der Waals surface area contributed by atoms with Crippen LogP contribution in [-0.4, -0.2) is 55.4 Å². The molecule has 0 aromatic heterocycles. The van der Waals surface area contributed by atoms with Crippen LogP contribution in [-0.2, 0) is 9.53 Å². The number of rotatable bonds is 5. The predicted octanol–water partition coefficient (Wildman–Crippen LogP) is 0.139. The Balaban J connectivity index is 2.20. The van der Waals surface area contributed by atoms with Crippen molar-refractivity contribution in [3.63, 3.8) is 0 Å². The molecule has 0 radical (unpaired) electrons. The Hall–Kier alpha value is -1.30. The van der Waals surface area contributed by atoms with Gasteiger partial charge in [-0.05, 0) is 12.8 Å². The third kappa shape index (κ3) is 3.69. The van der Waals surface area contributed by atoms with Crippen molar-refractivity contribution in [2.24, 2.45) is 5.92 Å². The number of nitrogens with zero attached hydrogens (tertiary/aromatic N) is 1. The first-order valence-electron chi connectivity index (χ1n) is 5.39. The summed E-state index contributed by atoms with van der Waals surface area (Å²) in [5.41, 5.74) is 0. The normalized spacial score (nSPS) is 19.8. The Labute approximate surface area is 94.6 Å². The molecule has 0 bridgehead atoms. The van der Waals surface area contributed by atoms with Gasteiger partial charge in [-0.15, -0.1) is 0 Å². The highest BCUT2D eigenvalue weighted by Crippen LogP contribution is 2.15. The summed E-state index contributed by atoms with van der Waals surface area (Å²) in [4.78, 5) is 23.8. The molecule has 1 rings (SSSR count). The summed E-state index contributed by atoms with van der Waals surface area (Å²) in [5, 5.41) is 11.5. The number of nitrogens with one attached hydrogen (secondary N) is 1. The van der Waals surface area contributed by atoms with Crippen molar-refractivity contribution >= 4 is 12.0 Å². The second-order valence-corrected chi connectivity index (χ2v) is 3.85. The first-order valence-corrected chi connectivity index (χ1v) is 5.39. The second kappa shape index (κ2) is 6.32. The van der Waals surface area contributed by atoms with Gasteiger partial charge >= 0.3 is 12.0 Å². The van der Waals surface area contributed by atoms with Crippen molar-refractivity contribution in [3.8, 4) is 0 Å².